The molecule has 1 aliphatic heterocycles. The van der Waals surface area contributed by atoms with Crippen LogP contribution in [0, 0.1) is 6.42 Å². The highest BCUT2D eigenvalue weighted by atomic mass is 32.2. The highest BCUT2D eigenvalue weighted by Crippen LogP contribution is 2.30. The third-order valence-corrected chi connectivity index (χ3v) is 6.99. The Balaban J connectivity index is 1.82. The Morgan fingerprint density at radius 2 is 2.09 bits per heavy atom. The van der Waals surface area contributed by atoms with Crippen LogP contribution in [0.1, 0.15) is 22.8 Å². The standard InChI is InChI=1S/C15H18N3O2S2/c16-9-14-10-17-15(21-14)22(19,20)18-8-4-7-13(11-18)12-5-2-1-3-6-12/h1-6,10,13H,7-9,11,16H2. The summed E-state index contributed by atoms with van der Waals surface area (Å²) in [5, 5.41) is 0. The van der Waals surface area contributed by atoms with Crippen LogP contribution in [0.15, 0.2) is 40.9 Å². The fourth-order valence-corrected chi connectivity index (χ4v) is 5.25. The van der Waals surface area contributed by atoms with Crippen molar-refractivity contribution in [1.82, 2.24) is 9.29 Å². The second-order valence-corrected chi connectivity index (χ2v) is 8.48. The first kappa shape index (κ1) is 15.6. The molecule has 2 heterocycles. The van der Waals surface area contributed by atoms with Crippen LogP contribution in [0.2, 0.25) is 0 Å². The molecule has 117 valence electrons. The van der Waals surface area contributed by atoms with E-state index in [-0.39, 0.29) is 10.3 Å². The molecule has 3 rings (SSSR count). The summed E-state index contributed by atoms with van der Waals surface area (Å²) in [5.41, 5.74) is 6.71. The zero-order chi connectivity index (χ0) is 15.6. The van der Waals surface area contributed by atoms with Crippen molar-refractivity contribution in [2.75, 3.05) is 13.1 Å². The monoisotopic (exact) mass is 336 g/mol. The third kappa shape index (κ3) is 3.08. The summed E-state index contributed by atoms with van der Waals surface area (Å²) in [6.45, 7) is 1.23. The van der Waals surface area contributed by atoms with E-state index in [4.69, 9.17) is 5.73 Å². The molecule has 22 heavy (non-hydrogen) atoms. The lowest BCUT2D eigenvalue weighted by Gasteiger charge is -2.31. The molecule has 0 aliphatic carbocycles. The van der Waals surface area contributed by atoms with E-state index in [1.807, 2.05) is 36.8 Å². The van der Waals surface area contributed by atoms with E-state index in [9.17, 15) is 8.42 Å². The Kier molecular flexibility index (Phi) is 4.58. The first-order valence-corrected chi connectivity index (χ1v) is 9.38. The second-order valence-electron chi connectivity index (χ2n) is 5.25. The molecule has 1 unspecified atom stereocenters. The number of piperidine rings is 1. The maximum absolute atomic E-state index is 12.7. The van der Waals surface area contributed by atoms with Gasteiger partial charge in [-0.3, -0.25) is 0 Å². The highest BCUT2D eigenvalue weighted by Gasteiger charge is 2.32. The van der Waals surface area contributed by atoms with Crippen LogP contribution in [-0.2, 0) is 16.6 Å². The van der Waals surface area contributed by atoms with Crippen LogP contribution in [0.25, 0.3) is 0 Å². The van der Waals surface area contributed by atoms with Gasteiger partial charge >= 0.3 is 0 Å². The van der Waals surface area contributed by atoms with Gasteiger partial charge in [0.15, 0.2) is 0 Å². The smallest absolute Gasteiger partial charge is 0.270 e. The lowest BCUT2D eigenvalue weighted by molar-refractivity contribution is 0.360. The fraction of sp³-hybridized carbons (Fsp3) is 0.333. The topological polar surface area (TPSA) is 76.3 Å². The summed E-state index contributed by atoms with van der Waals surface area (Å²) in [4.78, 5) is 4.80. The van der Waals surface area contributed by atoms with Gasteiger partial charge < -0.3 is 5.73 Å². The van der Waals surface area contributed by atoms with Crippen LogP contribution in [0.5, 0.6) is 0 Å². The molecule has 0 spiro atoms. The molecule has 1 atom stereocenters. The van der Waals surface area contributed by atoms with Gasteiger partial charge in [0.1, 0.15) is 0 Å². The number of sulfonamides is 1. The van der Waals surface area contributed by atoms with Crippen molar-refractivity contribution in [3.63, 3.8) is 0 Å². The number of nitrogens with zero attached hydrogens (tertiary/aromatic N) is 2. The summed E-state index contributed by atoms with van der Waals surface area (Å²) >= 11 is 1.15. The number of rotatable bonds is 4. The number of aromatic nitrogens is 1. The fourth-order valence-electron chi connectivity index (χ4n) is 2.59. The molecule has 1 aliphatic rings. The van der Waals surface area contributed by atoms with Crippen molar-refractivity contribution in [2.24, 2.45) is 5.73 Å². The number of nitrogens with two attached hydrogens (primary N) is 1. The minimum atomic E-state index is -3.54. The molecule has 1 aromatic heterocycles. The van der Waals surface area contributed by atoms with Crippen molar-refractivity contribution in [2.45, 2.75) is 23.2 Å². The van der Waals surface area contributed by atoms with Crippen molar-refractivity contribution in [3.05, 3.63) is 53.4 Å². The molecule has 2 aromatic rings. The Hall–Kier alpha value is -1.28. The average Bonchev–Trinajstić information content (AvgIpc) is 3.06. The molecule has 0 bridgehead atoms. The van der Waals surface area contributed by atoms with E-state index in [1.165, 1.54) is 9.87 Å². The summed E-state index contributed by atoms with van der Waals surface area (Å²) < 4.78 is 27.1. The first-order chi connectivity index (χ1) is 10.6. The highest BCUT2D eigenvalue weighted by molar-refractivity contribution is 7.91. The van der Waals surface area contributed by atoms with Crippen molar-refractivity contribution < 1.29 is 8.42 Å². The molecule has 1 aromatic carbocycles. The van der Waals surface area contributed by atoms with Crippen molar-refractivity contribution in [3.8, 4) is 0 Å². The summed E-state index contributed by atoms with van der Waals surface area (Å²) in [7, 11) is -3.54. The van der Waals surface area contributed by atoms with E-state index >= 15 is 0 Å². The first-order valence-electron chi connectivity index (χ1n) is 7.13. The molecule has 0 amide bonds. The molecule has 7 heteroatoms. The lowest BCUT2D eigenvalue weighted by atomic mass is 9.92. The van der Waals surface area contributed by atoms with E-state index in [0.717, 1.165) is 22.6 Å². The van der Waals surface area contributed by atoms with E-state index in [0.29, 0.717) is 19.6 Å². The molecule has 1 fully saturated rings. The van der Waals surface area contributed by atoms with E-state index in [1.54, 1.807) is 6.20 Å². The van der Waals surface area contributed by atoms with Crippen LogP contribution in [0.3, 0.4) is 0 Å². The molecular formula is C15H18N3O2S2. The van der Waals surface area contributed by atoms with Gasteiger partial charge in [0, 0.05) is 30.7 Å². The molecule has 0 saturated carbocycles. The molecule has 2 N–H and O–H groups in total. The van der Waals surface area contributed by atoms with Crippen molar-refractivity contribution in [1.29, 1.82) is 0 Å². The molecule has 1 radical (unpaired) electrons. The Bertz CT molecular complexity index is 728. The van der Waals surface area contributed by atoms with Gasteiger partial charge in [-0.2, -0.15) is 4.31 Å². The Morgan fingerprint density at radius 3 is 2.77 bits per heavy atom. The molecule has 5 nitrogen and oxygen atoms in total. The molecular weight excluding hydrogens is 318 g/mol. The van der Waals surface area contributed by atoms with Gasteiger partial charge in [-0.15, -0.1) is 11.3 Å². The van der Waals surface area contributed by atoms with Crippen LogP contribution < -0.4 is 5.73 Å². The predicted octanol–water partition coefficient (Wildman–Crippen LogP) is 1.98. The predicted molar refractivity (Wildman–Crippen MR) is 86.9 cm³/mol. The quantitative estimate of drug-likeness (QED) is 0.926. The van der Waals surface area contributed by atoms with Crippen LogP contribution >= 0.6 is 11.3 Å². The van der Waals surface area contributed by atoms with Gasteiger partial charge in [0.2, 0.25) is 4.34 Å². The van der Waals surface area contributed by atoms with Gasteiger partial charge in [0.25, 0.3) is 10.0 Å². The number of thiazole rings is 1. The van der Waals surface area contributed by atoms with Crippen molar-refractivity contribution >= 4 is 21.4 Å². The Morgan fingerprint density at radius 1 is 1.32 bits per heavy atom. The second kappa shape index (κ2) is 6.45. The largest absolute Gasteiger partial charge is 0.326 e. The van der Waals surface area contributed by atoms with E-state index < -0.39 is 10.0 Å². The van der Waals surface area contributed by atoms with Gasteiger partial charge in [-0.25, -0.2) is 13.4 Å². The lowest BCUT2D eigenvalue weighted by Crippen LogP contribution is -2.39. The van der Waals surface area contributed by atoms with Gasteiger partial charge in [0.05, 0.1) is 0 Å². The normalized spacial score (nSPS) is 20.1. The van der Waals surface area contributed by atoms with Gasteiger partial charge in [-0.1, -0.05) is 30.3 Å². The minimum Gasteiger partial charge on any atom is -0.326 e. The number of benzene rings is 1. The minimum absolute atomic E-state index is 0.134. The summed E-state index contributed by atoms with van der Waals surface area (Å²) in [6.07, 6.45) is 4.46. The van der Waals surface area contributed by atoms with Crippen LogP contribution in [-0.4, -0.2) is 30.8 Å². The Labute approximate surface area is 134 Å². The third-order valence-electron chi connectivity index (χ3n) is 3.77. The zero-order valence-corrected chi connectivity index (χ0v) is 13.7. The SMILES string of the molecule is NCc1cnc(S(=O)(=O)N2C[CH]CC(c3ccccc3)C2)s1. The van der Waals surface area contributed by atoms with E-state index in [2.05, 4.69) is 4.98 Å². The maximum Gasteiger partial charge on any atom is 0.270 e. The molecule has 1 saturated heterocycles. The summed E-state index contributed by atoms with van der Waals surface area (Å²) in [6, 6.07) is 10.0. The van der Waals surface area contributed by atoms with Gasteiger partial charge in [-0.05, 0) is 24.3 Å². The van der Waals surface area contributed by atoms with Crippen LogP contribution in [0.4, 0.5) is 0 Å². The summed E-state index contributed by atoms with van der Waals surface area (Å²) in [5.74, 6) is 0.193. The average molecular weight is 336 g/mol. The number of hydrogen-bond acceptors (Lipinski definition) is 5. The number of hydrogen-bond donors (Lipinski definition) is 1. The maximum atomic E-state index is 12.7. The zero-order valence-electron chi connectivity index (χ0n) is 12.1.